The molecule has 0 fully saturated rings. The fourth-order valence-corrected chi connectivity index (χ4v) is 2.72. The number of thiophene rings is 1. The van der Waals surface area contributed by atoms with Crippen LogP contribution in [0, 0.1) is 13.8 Å². The highest BCUT2D eigenvalue weighted by molar-refractivity contribution is 7.12. The predicted molar refractivity (Wildman–Crippen MR) is 73.8 cm³/mol. The Kier molecular flexibility index (Phi) is 3.64. The van der Waals surface area contributed by atoms with Crippen molar-refractivity contribution in [1.29, 1.82) is 0 Å². The quantitative estimate of drug-likeness (QED) is 0.822. The average Bonchev–Trinajstić information content (AvgIpc) is 2.85. The maximum absolute atomic E-state index is 4.29. The van der Waals surface area contributed by atoms with Crippen molar-refractivity contribution in [2.75, 3.05) is 11.9 Å². The largest absolute Gasteiger partial charge is 0.352 e. The van der Waals surface area contributed by atoms with E-state index in [1.165, 1.54) is 15.3 Å². The van der Waals surface area contributed by atoms with Crippen molar-refractivity contribution in [2.24, 2.45) is 0 Å². The van der Waals surface area contributed by atoms with Gasteiger partial charge in [0.05, 0.1) is 6.54 Å². The van der Waals surface area contributed by atoms with Gasteiger partial charge in [-0.05, 0) is 25.5 Å². The Morgan fingerprint density at radius 2 is 2.35 bits per heavy atom. The molecule has 0 radical (unpaired) electrons. The van der Waals surface area contributed by atoms with Crippen LogP contribution in [0.25, 0.3) is 0 Å². The van der Waals surface area contributed by atoms with Gasteiger partial charge < -0.3 is 9.88 Å². The van der Waals surface area contributed by atoms with E-state index in [4.69, 9.17) is 0 Å². The average molecular weight is 247 g/mol. The van der Waals surface area contributed by atoms with Gasteiger partial charge in [0.1, 0.15) is 0 Å². The van der Waals surface area contributed by atoms with Gasteiger partial charge in [-0.15, -0.1) is 17.9 Å². The third kappa shape index (κ3) is 2.77. The lowest BCUT2D eigenvalue weighted by Crippen LogP contribution is -2.07. The van der Waals surface area contributed by atoms with E-state index < -0.39 is 0 Å². The fraction of sp³-hybridized carbons (Fsp3) is 0.308. The number of anilines is 1. The monoisotopic (exact) mass is 247 g/mol. The standard InChI is InChI=1S/C13H17N3S/c1-4-5-14-13-15-6-7-16(13)9-12-8-10(2)11(3)17-12/h4,6-8H,1,5,9H2,2-3H3,(H,14,15). The summed E-state index contributed by atoms with van der Waals surface area (Å²) in [6, 6.07) is 2.25. The normalized spacial score (nSPS) is 10.5. The van der Waals surface area contributed by atoms with Crippen molar-refractivity contribution in [2.45, 2.75) is 20.4 Å². The van der Waals surface area contributed by atoms with Crippen molar-refractivity contribution in [1.82, 2.24) is 9.55 Å². The molecule has 0 atom stereocenters. The van der Waals surface area contributed by atoms with Gasteiger partial charge in [0, 0.05) is 28.7 Å². The molecule has 2 aromatic heterocycles. The molecule has 0 bridgehead atoms. The van der Waals surface area contributed by atoms with Crippen LogP contribution in [0.1, 0.15) is 15.3 Å². The van der Waals surface area contributed by atoms with Gasteiger partial charge in [0.25, 0.3) is 0 Å². The third-order valence-electron chi connectivity index (χ3n) is 2.66. The Hall–Kier alpha value is -1.55. The number of hydrogen-bond donors (Lipinski definition) is 1. The molecule has 2 heterocycles. The summed E-state index contributed by atoms with van der Waals surface area (Å²) in [5, 5.41) is 3.22. The topological polar surface area (TPSA) is 29.9 Å². The maximum Gasteiger partial charge on any atom is 0.203 e. The molecule has 0 spiro atoms. The van der Waals surface area contributed by atoms with Crippen LogP contribution < -0.4 is 5.32 Å². The van der Waals surface area contributed by atoms with Crippen LogP contribution >= 0.6 is 11.3 Å². The van der Waals surface area contributed by atoms with E-state index in [0.29, 0.717) is 0 Å². The SMILES string of the molecule is C=CCNc1nccn1Cc1cc(C)c(C)s1. The van der Waals surface area contributed by atoms with Gasteiger partial charge in [-0.2, -0.15) is 0 Å². The summed E-state index contributed by atoms with van der Waals surface area (Å²) in [4.78, 5) is 7.04. The second-order valence-corrected chi connectivity index (χ2v) is 5.34. The molecule has 2 rings (SSSR count). The second kappa shape index (κ2) is 5.19. The summed E-state index contributed by atoms with van der Waals surface area (Å²) in [6.07, 6.45) is 5.65. The number of nitrogens with zero attached hydrogens (tertiary/aromatic N) is 2. The minimum atomic E-state index is 0.736. The summed E-state index contributed by atoms with van der Waals surface area (Å²) < 4.78 is 2.12. The van der Waals surface area contributed by atoms with E-state index in [2.05, 4.69) is 41.4 Å². The van der Waals surface area contributed by atoms with Crippen molar-refractivity contribution >= 4 is 17.3 Å². The van der Waals surface area contributed by atoms with Crippen LogP contribution in [0.4, 0.5) is 5.95 Å². The van der Waals surface area contributed by atoms with Gasteiger partial charge in [0.2, 0.25) is 5.95 Å². The summed E-state index contributed by atoms with van der Waals surface area (Å²) in [7, 11) is 0. The van der Waals surface area contributed by atoms with Gasteiger partial charge in [-0.1, -0.05) is 6.08 Å². The minimum Gasteiger partial charge on any atom is -0.352 e. The lowest BCUT2D eigenvalue weighted by atomic mass is 10.3. The highest BCUT2D eigenvalue weighted by Crippen LogP contribution is 2.22. The molecule has 0 aliphatic rings. The van der Waals surface area contributed by atoms with E-state index in [9.17, 15) is 0 Å². The van der Waals surface area contributed by atoms with E-state index in [1.807, 2.05) is 29.8 Å². The molecule has 0 saturated carbocycles. The van der Waals surface area contributed by atoms with Crippen molar-refractivity contribution in [3.8, 4) is 0 Å². The van der Waals surface area contributed by atoms with Gasteiger partial charge in [0.15, 0.2) is 0 Å². The van der Waals surface area contributed by atoms with Crippen LogP contribution in [0.2, 0.25) is 0 Å². The molecule has 2 aromatic rings. The molecule has 17 heavy (non-hydrogen) atoms. The highest BCUT2D eigenvalue weighted by atomic mass is 32.1. The van der Waals surface area contributed by atoms with Gasteiger partial charge in [-0.3, -0.25) is 0 Å². The number of imidazole rings is 1. The molecule has 0 amide bonds. The van der Waals surface area contributed by atoms with Crippen LogP contribution in [0.15, 0.2) is 31.1 Å². The zero-order valence-electron chi connectivity index (χ0n) is 10.2. The summed E-state index contributed by atoms with van der Waals surface area (Å²) in [5.41, 5.74) is 1.37. The molecule has 0 aliphatic heterocycles. The molecular weight excluding hydrogens is 230 g/mol. The van der Waals surface area contributed by atoms with Gasteiger partial charge >= 0.3 is 0 Å². The predicted octanol–water partition coefficient (Wildman–Crippen LogP) is 3.21. The first-order chi connectivity index (χ1) is 8.20. The third-order valence-corrected chi connectivity index (χ3v) is 3.80. The first-order valence-corrected chi connectivity index (χ1v) is 6.44. The lowest BCUT2D eigenvalue weighted by molar-refractivity contribution is 0.814. The van der Waals surface area contributed by atoms with E-state index in [0.717, 1.165) is 19.0 Å². The maximum atomic E-state index is 4.29. The molecule has 0 aliphatic carbocycles. The lowest BCUT2D eigenvalue weighted by Gasteiger charge is -2.06. The minimum absolute atomic E-state index is 0.736. The summed E-state index contributed by atoms with van der Waals surface area (Å²) >= 11 is 1.85. The first kappa shape index (κ1) is 11.9. The number of hydrogen-bond acceptors (Lipinski definition) is 3. The van der Waals surface area contributed by atoms with Crippen LogP contribution in [-0.4, -0.2) is 16.1 Å². The van der Waals surface area contributed by atoms with Gasteiger partial charge in [-0.25, -0.2) is 4.98 Å². The van der Waals surface area contributed by atoms with Crippen LogP contribution in [0.3, 0.4) is 0 Å². The fourth-order valence-electron chi connectivity index (χ4n) is 1.66. The van der Waals surface area contributed by atoms with E-state index in [1.54, 1.807) is 0 Å². The second-order valence-electron chi connectivity index (χ2n) is 4.00. The Morgan fingerprint density at radius 1 is 1.53 bits per heavy atom. The molecule has 4 heteroatoms. The molecule has 0 aromatic carbocycles. The molecule has 0 unspecified atom stereocenters. The molecule has 0 saturated heterocycles. The Balaban J connectivity index is 2.12. The van der Waals surface area contributed by atoms with E-state index >= 15 is 0 Å². The zero-order valence-corrected chi connectivity index (χ0v) is 11.0. The molecule has 1 N–H and O–H groups in total. The van der Waals surface area contributed by atoms with Crippen LogP contribution in [0.5, 0.6) is 0 Å². The molecular formula is C13H17N3S. The number of aromatic nitrogens is 2. The Labute approximate surface area is 106 Å². The smallest absolute Gasteiger partial charge is 0.203 e. The van der Waals surface area contributed by atoms with Crippen molar-refractivity contribution in [3.63, 3.8) is 0 Å². The van der Waals surface area contributed by atoms with Crippen molar-refractivity contribution in [3.05, 3.63) is 46.4 Å². The van der Waals surface area contributed by atoms with E-state index in [-0.39, 0.29) is 0 Å². The first-order valence-electron chi connectivity index (χ1n) is 5.62. The number of nitrogens with one attached hydrogen (secondary N) is 1. The number of rotatable bonds is 5. The molecule has 3 nitrogen and oxygen atoms in total. The number of aryl methyl sites for hydroxylation is 2. The van der Waals surface area contributed by atoms with Crippen molar-refractivity contribution < 1.29 is 0 Å². The zero-order chi connectivity index (χ0) is 12.3. The summed E-state index contributed by atoms with van der Waals surface area (Å²) in [5.74, 6) is 0.897. The highest BCUT2D eigenvalue weighted by Gasteiger charge is 2.05. The Bertz CT molecular complexity index is 491. The molecule has 90 valence electrons. The Morgan fingerprint density at radius 3 is 3.00 bits per heavy atom. The van der Waals surface area contributed by atoms with Crippen LogP contribution in [-0.2, 0) is 6.54 Å². The summed E-state index contributed by atoms with van der Waals surface area (Å²) in [6.45, 7) is 9.61.